The van der Waals surface area contributed by atoms with Crippen LogP contribution in [0.3, 0.4) is 0 Å². The van der Waals surface area contributed by atoms with E-state index in [1.807, 2.05) is 6.26 Å². The van der Waals surface area contributed by atoms with Gasteiger partial charge in [-0.2, -0.15) is 11.8 Å². The molecule has 4 atom stereocenters. The number of thioether (sulfide) groups is 1. The first-order chi connectivity index (χ1) is 17.4. The molecule has 4 unspecified atom stereocenters. The van der Waals surface area contributed by atoms with Gasteiger partial charge in [0.05, 0.1) is 12.5 Å². The van der Waals surface area contributed by atoms with Crippen molar-refractivity contribution in [1.82, 2.24) is 16.0 Å². The number of benzene rings is 1. The summed E-state index contributed by atoms with van der Waals surface area (Å²) in [5, 5.41) is 16.6. The first-order valence-corrected chi connectivity index (χ1v) is 12.8. The van der Waals surface area contributed by atoms with Crippen molar-refractivity contribution >= 4 is 47.3 Å². The zero-order valence-corrected chi connectivity index (χ0v) is 21.3. The lowest BCUT2D eigenvalue weighted by Gasteiger charge is -2.24. The van der Waals surface area contributed by atoms with Gasteiger partial charge in [0.25, 0.3) is 0 Å². The van der Waals surface area contributed by atoms with Crippen LogP contribution in [-0.4, -0.2) is 76.8 Å². The van der Waals surface area contributed by atoms with Crippen LogP contribution in [0.1, 0.15) is 31.2 Å². The van der Waals surface area contributed by atoms with Crippen molar-refractivity contribution in [1.29, 1.82) is 0 Å². The third-order valence-electron chi connectivity index (χ3n) is 5.22. The fourth-order valence-electron chi connectivity index (χ4n) is 3.22. The van der Waals surface area contributed by atoms with Crippen LogP contribution in [0.25, 0.3) is 0 Å². The number of rotatable bonds is 17. The largest absolute Gasteiger partial charge is 0.480 e. The summed E-state index contributed by atoms with van der Waals surface area (Å²) >= 11 is 1.48. The number of amides is 5. The highest BCUT2D eigenvalue weighted by atomic mass is 32.2. The molecule has 0 aliphatic heterocycles. The lowest BCUT2D eigenvalue weighted by molar-refractivity contribution is -0.142. The molecule has 10 N–H and O–H groups in total. The highest BCUT2D eigenvalue weighted by Gasteiger charge is 2.31. The van der Waals surface area contributed by atoms with Crippen LogP contribution in [0.15, 0.2) is 30.3 Å². The minimum atomic E-state index is -1.54. The molecule has 204 valence electrons. The van der Waals surface area contributed by atoms with Crippen LogP contribution in [0.4, 0.5) is 0 Å². The van der Waals surface area contributed by atoms with Gasteiger partial charge in [0, 0.05) is 12.8 Å². The third kappa shape index (κ3) is 12.2. The Bertz CT molecular complexity index is 962. The van der Waals surface area contributed by atoms with E-state index in [9.17, 15) is 33.9 Å². The van der Waals surface area contributed by atoms with Gasteiger partial charge in [-0.25, -0.2) is 4.79 Å². The molecule has 1 aromatic carbocycles. The average molecular weight is 539 g/mol. The number of carboxylic acid groups (broad SMARTS) is 1. The van der Waals surface area contributed by atoms with Crippen molar-refractivity contribution in [2.75, 3.05) is 12.0 Å². The Labute approximate surface area is 218 Å². The molecular formula is C23H34N6O7S. The zero-order valence-electron chi connectivity index (χ0n) is 20.5. The lowest BCUT2D eigenvalue weighted by atomic mass is 10.0. The molecule has 0 bridgehead atoms. The van der Waals surface area contributed by atoms with E-state index in [4.69, 9.17) is 17.2 Å². The molecule has 1 aromatic rings. The molecule has 0 radical (unpaired) electrons. The van der Waals surface area contributed by atoms with E-state index in [0.717, 1.165) is 0 Å². The number of nitrogens with two attached hydrogens (primary N) is 3. The summed E-state index contributed by atoms with van der Waals surface area (Å²) in [7, 11) is 0. The summed E-state index contributed by atoms with van der Waals surface area (Å²) in [6.45, 7) is 0. The first-order valence-electron chi connectivity index (χ1n) is 11.4. The average Bonchev–Trinajstić information content (AvgIpc) is 2.83. The topological polar surface area (TPSA) is 237 Å². The van der Waals surface area contributed by atoms with Gasteiger partial charge in [0.15, 0.2) is 0 Å². The number of aliphatic carboxylic acids is 1. The van der Waals surface area contributed by atoms with Crippen LogP contribution in [-0.2, 0) is 35.2 Å². The van der Waals surface area contributed by atoms with E-state index in [1.165, 1.54) is 11.8 Å². The second kappa shape index (κ2) is 16.2. The molecular weight excluding hydrogens is 504 g/mol. The molecule has 0 aromatic heterocycles. The highest BCUT2D eigenvalue weighted by Crippen LogP contribution is 2.06. The van der Waals surface area contributed by atoms with Gasteiger partial charge in [-0.3, -0.25) is 24.0 Å². The molecule has 0 aliphatic carbocycles. The molecule has 0 saturated heterocycles. The quantitative estimate of drug-likeness (QED) is 0.116. The minimum absolute atomic E-state index is 0.0512. The fourth-order valence-corrected chi connectivity index (χ4v) is 3.70. The van der Waals surface area contributed by atoms with Crippen molar-refractivity contribution in [3.05, 3.63) is 35.9 Å². The van der Waals surface area contributed by atoms with Crippen LogP contribution in [0.5, 0.6) is 0 Å². The van der Waals surface area contributed by atoms with Crippen molar-refractivity contribution in [3.63, 3.8) is 0 Å². The predicted molar refractivity (Wildman–Crippen MR) is 137 cm³/mol. The number of hydrogen-bond acceptors (Lipinski definition) is 8. The molecule has 0 fully saturated rings. The number of carbonyl (C=O) groups excluding carboxylic acids is 5. The predicted octanol–water partition coefficient (Wildman–Crippen LogP) is -2.01. The van der Waals surface area contributed by atoms with E-state index in [2.05, 4.69) is 16.0 Å². The van der Waals surface area contributed by atoms with Crippen LogP contribution in [0.2, 0.25) is 0 Å². The molecule has 13 nitrogen and oxygen atoms in total. The normalized spacial score (nSPS) is 13.9. The molecule has 5 amide bonds. The van der Waals surface area contributed by atoms with E-state index in [0.29, 0.717) is 17.7 Å². The van der Waals surface area contributed by atoms with E-state index in [-0.39, 0.29) is 19.3 Å². The molecule has 0 spiro atoms. The maximum Gasteiger partial charge on any atom is 0.326 e. The van der Waals surface area contributed by atoms with Gasteiger partial charge in [0.1, 0.15) is 18.1 Å². The molecule has 37 heavy (non-hydrogen) atoms. The number of carboxylic acids is 1. The van der Waals surface area contributed by atoms with Crippen LogP contribution in [0, 0.1) is 0 Å². The van der Waals surface area contributed by atoms with Gasteiger partial charge in [0.2, 0.25) is 29.5 Å². The van der Waals surface area contributed by atoms with Crippen LogP contribution < -0.4 is 33.2 Å². The van der Waals surface area contributed by atoms with Gasteiger partial charge < -0.3 is 38.3 Å². The van der Waals surface area contributed by atoms with E-state index in [1.54, 1.807) is 30.3 Å². The molecule has 0 heterocycles. The monoisotopic (exact) mass is 538 g/mol. The summed E-state index contributed by atoms with van der Waals surface area (Å²) in [5.41, 5.74) is 16.9. The Morgan fingerprint density at radius 3 is 1.95 bits per heavy atom. The Morgan fingerprint density at radius 1 is 0.838 bits per heavy atom. The summed E-state index contributed by atoms with van der Waals surface area (Å²) < 4.78 is 0. The SMILES string of the molecule is CSCCC(N)C(=O)NC(CCC(N)=O)C(=O)NC(CC(N)=O)C(=O)NC(Cc1ccccc1)C(=O)O. The van der Waals surface area contributed by atoms with Crippen molar-refractivity contribution in [3.8, 4) is 0 Å². The third-order valence-corrected chi connectivity index (χ3v) is 5.86. The maximum atomic E-state index is 13.0. The second-order valence-corrected chi connectivity index (χ2v) is 9.26. The number of carbonyl (C=O) groups is 6. The number of nitrogens with one attached hydrogen (secondary N) is 3. The Hall–Kier alpha value is -3.65. The summed E-state index contributed by atoms with van der Waals surface area (Å²) in [6.07, 6.45) is 1.03. The zero-order chi connectivity index (χ0) is 28.0. The standard InChI is InChI=1S/C23H34N6O7S/c1-37-10-9-14(24)20(32)27-15(7-8-18(25)30)21(33)28-16(12-19(26)31)22(34)29-17(23(35)36)11-13-5-3-2-4-6-13/h2-6,14-17H,7-12,24H2,1H3,(H2,25,30)(H2,26,31)(H,27,32)(H,28,33)(H,29,34)(H,35,36). The smallest absolute Gasteiger partial charge is 0.326 e. The molecule has 0 aliphatic rings. The van der Waals surface area contributed by atoms with E-state index < -0.39 is 66.1 Å². The van der Waals surface area contributed by atoms with Crippen molar-refractivity contribution in [2.45, 2.75) is 56.3 Å². The van der Waals surface area contributed by atoms with Gasteiger partial charge in [-0.05, 0) is 30.4 Å². The summed E-state index contributed by atoms with van der Waals surface area (Å²) in [5.74, 6) is -4.91. The van der Waals surface area contributed by atoms with Gasteiger partial charge in [-0.15, -0.1) is 0 Å². The Balaban J connectivity index is 3.01. The number of primary amides is 2. The molecule has 0 saturated carbocycles. The fraction of sp³-hybridized carbons (Fsp3) is 0.478. The maximum absolute atomic E-state index is 13.0. The van der Waals surface area contributed by atoms with Crippen molar-refractivity contribution < 1.29 is 33.9 Å². The van der Waals surface area contributed by atoms with Gasteiger partial charge in [-0.1, -0.05) is 30.3 Å². The molecule has 14 heteroatoms. The van der Waals surface area contributed by atoms with E-state index >= 15 is 0 Å². The Kier molecular flexibility index (Phi) is 13.7. The summed E-state index contributed by atoms with van der Waals surface area (Å²) in [6, 6.07) is 3.40. The highest BCUT2D eigenvalue weighted by molar-refractivity contribution is 7.98. The second-order valence-electron chi connectivity index (χ2n) is 8.27. The summed E-state index contributed by atoms with van der Waals surface area (Å²) in [4.78, 5) is 72.9. The lowest BCUT2D eigenvalue weighted by Crippen LogP contribution is -2.58. The Morgan fingerprint density at radius 2 is 1.41 bits per heavy atom. The minimum Gasteiger partial charge on any atom is -0.480 e. The van der Waals surface area contributed by atoms with Crippen LogP contribution >= 0.6 is 11.8 Å². The van der Waals surface area contributed by atoms with Crippen molar-refractivity contribution in [2.24, 2.45) is 17.2 Å². The number of hydrogen-bond donors (Lipinski definition) is 7. The first kappa shape index (κ1) is 31.4. The molecule has 1 rings (SSSR count). The van der Waals surface area contributed by atoms with Gasteiger partial charge >= 0.3 is 5.97 Å².